The van der Waals surface area contributed by atoms with Crippen molar-refractivity contribution in [3.8, 4) is 5.75 Å². The molecule has 1 amide bonds. The van der Waals surface area contributed by atoms with Gasteiger partial charge in [-0.25, -0.2) is 8.42 Å². The number of rotatable bonds is 8. The normalized spacial score (nSPS) is 11.0. The van der Waals surface area contributed by atoms with E-state index in [4.69, 9.17) is 4.74 Å². The van der Waals surface area contributed by atoms with Crippen LogP contribution in [0.5, 0.6) is 5.75 Å². The number of amides is 1. The van der Waals surface area contributed by atoms with Crippen molar-refractivity contribution in [2.24, 2.45) is 0 Å². The average molecular weight is 425 g/mol. The molecule has 0 aliphatic rings. The van der Waals surface area contributed by atoms with E-state index in [1.165, 1.54) is 29.2 Å². The predicted molar refractivity (Wildman–Crippen MR) is 117 cm³/mol. The van der Waals surface area contributed by atoms with Gasteiger partial charge in [0.05, 0.1) is 17.1 Å². The molecule has 7 heteroatoms. The lowest BCUT2D eigenvalue weighted by molar-refractivity contribution is 0.0773. The summed E-state index contributed by atoms with van der Waals surface area (Å²) in [6, 6.07) is 22.4. The number of carbonyl (C=O) groups is 1. The highest BCUT2D eigenvalue weighted by Gasteiger charge is 2.17. The van der Waals surface area contributed by atoms with E-state index in [0.29, 0.717) is 24.4 Å². The van der Waals surface area contributed by atoms with Crippen LogP contribution in [-0.4, -0.2) is 39.4 Å². The maximum Gasteiger partial charge on any atom is 0.261 e. The third kappa shape index (κ3) is 5.39. The summed E-state index contributed by atoms with van der Waals surface area (Å²) < 4.78 is 33.4. The van der Waals surface area contributed by atoms with E-state index >= 15 is 0 Å². The predicted octanol–water partition coefficient (Wildman–Crippen LogP) is 3.95. The molecule has 3 aromatic rings. The van der Waals surface area contributed by atoms with Gasteiger partial charge in [-0.1, -0.05) is 36.4 Å². The fourth-order valence-corrected chi connectivity index (χ4v) is 3.94. The highest BCUT2D eigenvalue weighted by atomic mass is 32.2. The van der Waals surface area contributed by atoms with Crippen molar-refractivity contribution >= 4 is 21.6 Å². The highest BCUT2D eigenvalue weighted by Crippen LogP contribution is 2.20. The lowest BCUT2D eigenvalue weighted by Gasteiger charge is -2.18. The number of hydrogen-bond donors (Lipinski definition) is 1. The SMILES string of the molecule is Cc1ccccc1NS(=O)(=O)c1ccc(C(=O)N(C)CCOc2ccccc2)cc1. The van der Waals surface area contributed by atoms with E-state index in [0.717, 1.165) is 11.3 Å². The molecule has 0 spiro atoms. The number of nitrogens with one attached hydrogen (secondary N) is 1. The molecule has 6 nitrogen and oxygen atoms in total. The fourth-order valence-electron chi connectivity index (χ4n) is 2.81. The second kappa shape index (κ2) is 9.45. The lowest BCUT2D eigenvalue weighted by Crippen LogP contribution is -2.30. The first-order valence-electron chi connectivity index (χ1n) is 9.48. The summed E-state index contributed by atoms with van der Waals surface area (Å²) in [6.07, 6.45) is 0. The number of ether oxygens (including phenoxy) is 1. The molecule has 0 saturated carbocycles. The second-order valence-electron chi connectivity index (χ2n) is 6.83. The van der Waals surface area contributed by atoms with Crippen molar-refractivity contribution in [1.29, 1.82) is 0 Å². The van der Waals surface area contributed by atoms with Gasteiger partial charge in [-0.15, -0.1) is 0 Å². The third-order valence-electron chi connectivity index (χ3n) is 4.59. The number of hydrogen-bond acceptors (Lipinski definition) is 4. The molecule has 3 rings (SSSR count). The van der Waals surface area contributed by atoms with Crippen LogP contribution in [0.1, 0.15) is 15.9 Å². The minimum absolute atomic E-state index is 0.0948. The van der Waals surface area contributed by atoms with Crippen molar-refractivity contribution < 1.29 is 17.9 Å². The second-order valence-corrected chi connectivity index (χ2v) is 8.52. The Bertz CT molecular complexity index is 1100. The molecule has 0 bridgehead atoms. The molecule has 0 radical (unpaired) electrons. The van der Waals surface area contributed by atoms with Crippen LogP contribution in [-0.2, 0) is 10.0 Å². The molecule has 1 N–H and O–H groups in total. The van der Waals surface area contributed by atoms with Crippen molar-refractivity contribution in [2.45, 2.75) is 11.8 Å². The summed E-state index contributed by atoms with van der Waals surface area (Å²) >= 11 is 0. The van der Waals surface area contributed by atoms with Gasteiger partial charge in [-0.3, -0.25) is 9.52 Å². The standard InChI is InChI=1S/C23H24N2O4S/c1-18-8-6-7-11-22(18)24-30(27,28)21-14-12-19(13-15-21)23(26)25(2)16-17-29-20-9-4-3-5-10-20/h3-15,24H,16-17H2,1-2H3. The fraction of sp³-hybridized carbons (Fsp3) is 0.174. The Morgan fingerprint density at radius 2 is 1.57 bits per heavy atom. The average Bonchev–Trinajstić information content (AvgIpc) is 2.75. The summed E-state index contributed by atoms with van der Waals surface area (Å²) in [7, 11) is -2.06. The number of nitrogens with zero attached hydrogens (tertiary/aromatic N) is 1. The van der Waals surface area contributed by atoms with Crippen LogP contribution >= 0.6 is 0 Å². The van der Waals surface area contributed by atoms with Gasteiger partial charge in [-0.05, 0) is 55.0 Å². The minimum atomic E-state index is -3.74. The van der Waals surface area contributed by atoms with Crippen LogP contribution in [0.2, 0.25) is 0 Å². The number of benzene rings is 3. The first-order valence-corrected chi connectivity index (χ1v) is 11.0. The van der Waals surface area contributed by atoms with E-state index < -0.39 is 10.0 Å². The molecular weight excluding hydrogens is 400 g/mol. The summed E-state index contributed by atoms with van der Waals surface area (Å²) in [4.78, 5) is 14.2. The molecule has 0 aromatic heterocycles. The summed E-state index contributed by atoms with van der Waals surface area (Å²) in [5.41, 5.74) is 1.76. The smallest absolute Gasteiger partial charge is 0.261 e. The largest absolute Gasteiger partial charge is 0.492 e. The number of sulfonamides is 1. The first-order chi connectivity index (χ1) is 14.4. The van der Waals surface area contributed by atoms with Crippen molar-refractivity contribution in [2.75, 3.05) is 24.9 Å². The maximum absolute atomic E-state index is 12.6. The number of carbonyl (C=O) groups excluding carboxylic acids is 1. The zero-order valence-electron chi connectivity index (χ0n) is 16.9. The van der Waals surface area contributed by atoms with Crippen LogP contribution < -0.4 is 9.46 Å². The Kier molecular flexibility index (Phi) is 6.74. The third-order valence-corrected chi connectivity index (χ3v) is 5.97. The van der Waals surface area contributed by atoms with Crippen molar-refractivity contribution in [1.82, 2.24) is 4.90 Å². The molecule has 0 atom stereocenters. The molecule has 0 unspecified atom stereocenters. The van der Waals surface area contributed by atoms with E-state index in [2.05, 4.69) is 4.72 Å². The lowest BCUT2D eigenvalue weighted by atomic mass is 10.2. The van der Waals surface area contributed by atoms with E-state index in [-0.39, 0.29) is 10.8 Å². The number of para-hydroxylation sites is 2. The molecule has 3 aromatic carbocycles. The molecule has 30 heavy (non-hydrogen) atoms. The number of likely N-dealkylation sites (N-methyl/N-ethyl adjacent to an activating group) is 1. The van der Waals surface area contributed by atoms with E-state index in [1.807, 2.05) is 49.4 Å². The Hall–Kier alpha value is -3.32. The monoisotopic (exact) mass is 424 g/mol. The number of anilines is 1. The van der Waals surface area contributed by atoms with Gasteiger partial charge in [0, 0.05) is 12.6 Å². The zero-order chi connectivity index (χ0) is 21.6. The van der Waals surface area contributed by atoms with Crippen LogP contribution in [0.25, 0.3) is 0 Å². The topological polar surface area (TPSA) is 75.7 Å². The van der Waals surface area contributed by atoms with Gasteiger partial charge in [0.15, 0.2) is 0 Å². The van der Waals surface area contributed by atoms with Gasteiger partial charge >= 0.3 is 0 Å². The van der Waals surface area contributed by atoms with Gasteiger partial charge < -0.3 is 9.64 Å². The highest BCUT2D eigenvalue weighted by molar-refractivity contribution is 7.92. The van der Waals surface area contributed by atoms with Gasteiger partial charge in [0.2, 0.25) is 0 Å². The molecule has 0 saturated heterocycles. The molecular formula is C23H24N2O4S. The van der Waals surface area contributed by atoms with Gasteiger partial charge in [0.25, 0.3) is 15.9 Å². The Balaban J connectivity index is 1.61. The Morgan fingerprint density at radius 3 is 2.23 bits per heavy atom. The number of aryl methyl sites for hydroxylation is 1. The van der Waals surface area contributed by atoms with Crippen LogP contribution in [0, 0.1) is 6.92 Å². The maximum atomic E-state index is 12.6. The molecule has 0 heterocycles. The Labute approximate surface area is 177 Å². The molecule has 156 valence electrons. The minimum Gasteiger partial charge on any atom is -0.492 e. The zero-order valence-corrected chi connectivity index (χ0v) is 17.7. The van der Waals surface area contributed by atoms with Crippen LogP contribution in [0.15, 0.2) is 83.8 Å². The Morgan fingerprint density at radius 1 is 0.933 bits per heavy atom. The van der Waals surface area contributed by atoms with Crippen molar-refractivity contribution in [3.05, 3.63) is 90.0 Å². The quantitative estimate of drug-likeness (QED) is 0.594. The van der Waals surface area contributed by atoms with E-state index in [9.17, 15) is 13.2 Å². The summed E-state index contributed by atoms with van der Waals surface area (Å²) in [5, 5.41) is 0. The van der Waals surface area contributed by atoms with Crippen LogP contribution in [0.4, 0.5) is 5.69 Å². The van der Waals surface area contributed by atoms with Crippen LogP contribution in [0.3, 0.4) is 0 Å². The first kappa shape index (κ1) is 21.4. The summed E-state index contributed by atoms with van der Waals surface area (Å²) in [6.45, 7) is 2.60. The summed E-state index contributed by atoms with van der Waals surface area (Å²) in [5.74, 6) is 0.538. The molecule has 0 aliphatic carbocycles. The molecule has 0 fully saturated rings. The van der Waals surface area contributed by atoms with Crippen molar-refractivity contribution in [3.63, 3.8) is 0 Å². The van der Waals surface area contributed by atoms with E-state index in [1.54, 1.807) is 19.2 Å². The van der Waals surface area contributed by atoms with Gasteiger partial charge in [-0.2, -0.15) is 0 Å². The van der Waals surface area contributed by atoms with Gasteiger partial charge in [0.1, 0.15) is 12.4 Å². The molecule has 0 aliphatic heterocycles.